The van der Waals surface area contributed by atoms with Crippen LogP contribution >= 0.6 is 11.8 Å². The van der Waals surface area contributed by atoms with Gasteiger partial charge in [0.1, 0.15) is 0 Å². The summed E-state index contributed by atoms with van der Waals surface area (Å²) in [5, 5.41) is 0. The maximum Gasteiger partial charge on any atom is 0.412 e. The normalized spacial score (nSPS) is 15.1. The number of carbonyl (C=O) groups is 1. The largest absolute Gasteiger partial charge is 0.412 e. The highest BCUT2D eigenvalue weighted by Gasteiger charge is 2.32. The van der Waals surface area contributed by atoms with E-state index < -0.39 is 11.7 Å². The molecule has 0 atom stereocenters. The number of alkyl halides is 3. The standard InChI is InChI=1S/C20H25F3N2OS/c1-14(20(21,22)23)13-17-15(2)27-18-10-6-5-9-16(18)25(17)12-8-7-11-19(26)24(3)4/h5-6,9-10,13H,7-8,11-12H2,1-4H3. The molecule has 0 unspecified atom stereocenters. The van der Waals surface area contributed by atoms with E-state index in [4.69, 9.17) is 0 Å². The van der Waals surface area contributed by atoms with Gasteiger partial charge in [-0.25, -0.2) is 0 Å². The fourth-order valence-electron chi connectivity index (χ4n) is 2.78. The van der Waals surface area contributed by atoms with Crippen LogP contribution in [0.2, 0.25) is 0 Å². The second-order valence-electron chi connectivity index (χ2n) is 6.73. The zero-order valence-corrected chi connectivity index (χ0v) is 16.9. The minimum Gasteiger partial charge on any atom is -0.349 e. The Morgan fingerprint density at radius 2 is 1.89 bits per heavy atom. The van der Waals surface area contributed by atoms with E-state index in [-0.39, 0.29) is 5.91 Å². The Hall–Kier alpha value is -1.89. The van der Waals surface area contributed by atoms with E-state index in [2.05, 4.69) is 0 Å². The number of hydrogen-bond donors (Lipinski definition) is 0. The Kier molecular flexibility index (Phi) is 7.03. The van der Waals surface area contributed by atoms with Crippen LogP contribution in [0.4, 0.5) is 18.9 Å². The molecule has 1 aromatic carbocycles. The van der Waals surface area contributed by atoms with E-state index in [0.29, 0.717) is 31.5 Å². The van der Waals surface area contributed by atoms with E-state index in [1.165, 1.54) is 17.8 Å². The first-order chi connectivity index (χ1) is 12.6. The molecule has 27 heavy (non-hydrogen) atoms. The van der Waals surface area contributed by atoms with Crippen LogP contribution in [0.3, 0.4) is 0 Å². The van der Waals surface area contributed by atoms with E-state index >= 15 is 0 Å². The predicted molar refractivity (Wildman–Crippen MR) is 105 cm³/mol. The van der Waals surface area contributed by atoms with Gasteiger partial charge in [-0.3, -0.25) is 4.79 Å². The van der Waals surface area contributed by atoms with Gasteiger partial charge in [0.2, 0.25) is 5.91 Å². The number of halogens is 3. The van der Waals surface area contributed by atoms with Crippen LogP contribution in [0, 0.1) is 0 Å². The van der Waals surface area contributed by atoms with Gasteiger partial charge in [0.15, 0.2) is 0 Å². The second-order valence-corrected chi connectivity index (χ2v) is 7.99. The first kappa shape index (κ1) is 21.4. The fraction of sp³-hybridized carbons (Fsp3) is 0.450. The Labute approximate surface area is 162 Å². The molecule has 0 bridgehead atoms. The molecule has 7 heteroatoms. The van der Waals surface area contributed by atoms with E-state index in [1.807, 2.05) is 36.1 Å². The molecule has 0 spiro atoms. The average Bonchev–Trinajstić information content (AvgIpc) is 2.59. The first-order valence-corrected chi connectivity index (χ1v) is 9.64. The topological polar surface area (TPSA) is 23.6 Å². The molecule has 0 saturated heterocycles. The Balaban J connectivity index is 2.24. The lowest BCUT2D eigenvalue weighted by Gasteiger charge is -2.33. The molecular formula is C20H25F3N2OS. The number of benzene rings is 1. The van der Waals surface area contributed by atoms with Gasteiger partial charge in [-0.1, -0.05) is 23.9 Å². The van der Waals surface area contributed by atoms with Crippen molar-refractivity contribution in [3.63, 3.8) is 0 Å². The Bertz CT molecular complexity index is 754. The summed E-state index contributed by atoms with van der Waals surface area (Å²) in [5.74, 6) is 0.0596. The van der Waals surface area contributed by atoms with Gasteiger partial charge in [-0.15, -0.1) is 0 Å². The van der Waals surface area contributed by atoms with Crippen molar-refractivity contribution in [1.82, 2.24) is 4.90 Å². The molecule has 0 N–H and O–H groups in total. The van der Waals surface area contributed by atoms with Crippen molar-refractivity contribution < 1.29 is 18.0 Å². The lowest BCUT2D eigenvalue weighted by atomic mass is 10.1. The van der Waals surface area contributed by atoms with Crippen molar-refractivity contribution in [3.8, 4) is 0 Å². The lowest BCUT2D eigenvalue weighted by molar-refractivity contribution is -0.128. The highest BCUT2D eigenvalue weighted by Crippen LogP contribution is 2.44. The highest BCUT2D eigenvalue weighted by molar-refractivity contribution is 8.03. The summed E-state index contributed by atoms with van der Waals surface area (Å²) in [6, 6.07) is 7.72. The van der Waals surface area contributed by atoms with Gasteiger partial charge < -0.3 is 9.80 Å². The van der Waals surface area contributed by atoms with E-state index in [0.717, 1.165) is 22.4 Å². The number of anilines is 1. The molecule has 1 aliphatic heterocycles. The van der Waals surface area contributed by atoms with Gasteiger partial charge in [-0.2, -0.15) is 13.2 Å². The second kappa shape index (κ2) is 8.87. The maximum atomic E-state index is 13.1. The predicted octanol–water partition coefficient (Wildman–Crippen LogP) is 5.60. The Morgan fingerprint density at radius 3 is 2.52 bits per heavy atom. The minimum atomic E-state index is -4.35. The number of hydrogen-bond acceptors (Lipinski definition) is 3. The summed E-state index contributed by atoms with van der Waals surface area (Å²) in [5.41, 5.74) is 0.866. The molecule has 3 nitrogen and oxygen atoms in total. The van der Waals surface area contributed by atoms with Crippen molar-refractivity contribution >= 4 is 23.4 Å². The summed E-state index contributed by atoms with van der Waals surface area (Å²) in [4.78, 5) is 17.1. The van der Waals surface area contributed by atoms with Gasteiger partial charge in [0.05, 0.1) is 11.4 Å². The third-order valence-electron chi connectivity index (χ3n) is 4.39. The molecule has 0 aromatic heterocycles. The third kappa shape index (κ3) is 5.54. The number of carbonyl (C=O) groups excluding carboxylic acids is 1. The number of para-hydroxylation sites is 1. The zero-order chi connectivity index (χ0) is 20.2. The SMILES string of the molecule is CC(=CC1=C(C)Sc2ccccc2N1CCCCC(=O)N(C)C)C(F)(F)F. The Morgan fingerprint density at radius 1 is 1.22 bits per heavy atom. The lowest BCUT2D eigenvalue weighted by Crippen LogP contribution is -2.27. The van der Waals surface area contributed by atoms with Gasteiger partial charge in [0, 0.05) is 42.4 Å². The number of rotatable bonds is 6. The molecule has 0 radical (unpaired) electrons. The molecule has 2 rings (SSSR count). The van der Waals surface area contributed by atoms with Crippen molar-refractivity contribution in [2.45, 2.75) is 44.2 Å². The number of thioether (sulfide) groups is 1. The molecule has 1 aromatic rings. The first-order valence-electron chi connectivity index (χ1n) is 8.82. The summed E-state index contributed by atoms with van der Waals surface area (Å²) < 4.78 is 39.2. The highest BCUT2D eigenvalue weighted by atomic mass is 32.2. The van der Waals surface area contributed by atoms with Crippen LogP contribution in [0.25, 0.3) is 0 Å². The van der Waals surface area contributed by atoms with Crippen molar-refractivity contribution in [3.05, 3.63) is 46.5 Å². The molecule has 148 valence electrons. The van der Waals surface area contributed by atoms with Crippen molar-refractivity contribution in [1.29, 1.82) is 0 Å². The average molecular weight is 398 g/mol. The molecular weight excluding hydrogens is 373 g/mol. The summed E-state index contributed by atoms with van der Waals surface area (Å²) in [6.45, 7) is 3.50. The summed E-state index contributed by atoms with van der Waals surface area (Å²) in [6.07, 6.45) is -1.28. The monoisotopic (exact) mass is 398 g/mol. The maximum absolute atomic E-state index is 13.1. The molecule has 1 heterocycles. The number of fused-ring (bicyclic) bond motifs is 1. The number of unbranched alkanes of at least 4 members (excludes halogenated alkanes) is 1. The van der Waals surface area contributed by atoms with Crippen LogP contribution in [-0.2, 0) is 4.79 Å². The van der Waals surface area contributed by atoms with E-state index in [9.17, 15) is 18.0 Å². The third-order valence-corrected chi connectivity index (χ3v) is 5.47. The van der Waals surface area contributed by atoms with Crippen molar-refractivity contribution in [2.24, 2.45) is 0 Å². The number of amides is 1. The summed E-state index contributed by atoms with van der Waals surface area (Å²) in [7, 11) is 3.44. The molecule has 0 fully saturated rings. The smallest absolute Gasteiger partial charge is 0.349 e. The van der Waals surface area contributed by atoms with Gasteiger partial charge in [-0.05, 0) is 44.9 Å². The quantitative estimate of drug-likeness (QED) is 0.583. The fourth-order valence-corrected chi connectivity index (χ4v) is 3.81. The van der Waals surface area contributed by atoms with Gasteiger partial charge >= 0.3 is 6.18 Å². The van der Waals surface area contributed by atoms with E-state index in [1.54, 1.807) is 19.0 Å². The zero-order valence-electron chi connectivity index (χ0n) is 16.1. The summed E-state index contributed by atoms with van der Waals surface area (Å²) >= 11 is 1.49. The van der Waals surface area contributed by atoms with Gasteiger partial charge in [0.25, 0.3) is 0 Å². The molecule has 1 amide bonds. The van der Waals surface area contributed by atoms with Crippen LogP contribution in [-0.4, -0.2) is 37.6 Å². The van der Waals surface area contributed by atoms with Crippen LogP contribution in [0.15, 0.2) is 51.4 Å². The molecule has 1 aliphatic rings. The van der Waals surface area contributed by atoms with Crippen LogP contribution in [0.5, 0.6) is 0 Å². The van der Waals surface area contributed by atoms with Crippen molar-refractivity contribution in [2.75, 3.05) is 25.5 Å². The van der Waals surface area contributed by atoms with Crippen LogP contribution < -0.4 is 4.90 Å². The minimum absolute atomic E-state index is 0.0596. The molecule has 0 saturated carbocycles. The number of nitrogens with zero attached hydrogens (tertiary/aromatic N) is 2. The van der Waals surface area contributed by atoms with Crippen LogP contribution in [0.1, 0.15) is 33.1 Å². The molecule has 0 aliphatic carbocycles. The number of allylic oxidation sites excluding steroid dienone is 3.